The molecule has 0 radical (unpaired) electrons. The first-order valence-electron chi connectivity index (χ1n) is 8.13. The third-order valence-electron chi connectivity index (χ3n) is 3.41. The van der Waals surface area contributed by atoms with E-state index in [9.17, 15) is 9.59 Å². The number of amides is 1. The molecule has 0 aliphatic rings. The van der Waals surface area contributed by atoms with Crippen LogP contribution in [0.3, 0.4) is 0 Å². The molecule has 0 aliphatic heterocycles. The molecule has 1 amide bonds. The molecule has 136 valence electrons. The molecule has 0 bridgehead atoms. The van der Waals surface area contributed by atoms with Crippen molar-refractivity contribution in [3.8, 4) is 5.75 Å². The van der Waals surface area contributed by atoms with Crippen LogP contribution in [0.4, 0.5) is 5.69 Å². The molecule has 0 atom stereocenters. The van der Waals surface area contributed by atoms with Crippen LogP contribution in [0.15, 0.2) is 53.0 Å². The molecular formula is C20H20BrNO4. The first kappa shape index (κ1) is 19.7. The van der Waals surface area contributed by atoms with Crippen molar-refractivity contribution in [1.29, 1.82) is 0 Å². The van der Waals surface area contributed by atoms with Crippen LogP contribution >= 0.6 is 15.9 Å². The minimum Gasteiger partial charge on any atom is -0.496 e. The number of carbonyl (C=O) groups is 2. The van der Waals surface area contributed by atoms with Crippen LogP contribution in [0, 0.1) is 0 Å². The number of halogens is 1. The Hall–Kier alpha value is -2.60. The molecule has 0 aliphatic carbocycles. The molecule has 0 spiro atoms. The van der Waals surface area contributed by atoms with Gasteiger partial charge in [0.1, 0.15) is 5.75 Å². The van der Waals surface area contributed by atoms with Gasteiger partial charge in [-0.2, -0.15) is 0 Å². The lowest BCUT2D eigenvalue weighted by Gasteiger charge is -2.06. The van der Waals surface area contributed by atoms with E-state index in [0.717, 1.165) is 22.2 Å². The standard InChI is InChI=1S/C20H20BrNO4/c1-3-11-26-20(24)15-5-4-6-16(13-15)22-19(23)10-8-14-7-9-18(25-2)17(21)12-14/h4-10,12-13H,3,11H2,1-2H3,(H,22,23). The van der Waals surface area contributed by atoms with Gasteiger partial charge in [0.05, 0.1) is 23.8 Å². The highest BCUT2D eigenvalue weighted by Crippen LogP contribution is 2.26. The number of esters is 1. The van der Waals surface area contributed by atoms with E-state index in [4.69, 9.17) is 9.47 Å². The van der Waals surface area contributed by atoms with Crippen molar-refractivity contribution < 1.29 is 19.1 Å². The summed E-state index contributed by atoms with van der Waals surface area (Å²) in [7, 11) is 1.59. The first-order valence-corrected chi connectivity index (χ1v) is 8.92. The molecule has 2 rings (SSSR count). The fourth-order valence-electron chi connectivity index (χ4n) is 2.14. The number of hydrogen-bond acceptors (Lipinski definition) is 4. The predicted molar refractivity (Wildman–Crippen MR) is 105 cm³/mol. The van der Waals surface area contributed by atoms with Crippen LogP contribution in [0.5, 0.6) is 5.75 Å². The Kier molecular flexibility index (Phi) is 7.41. The van der Waals surface area contributed by atoms with Crippen molar-refractivity contribution in [2.45, 2.75) is 13.3 Å². The molecule has 0 saturated heterocycles. The lowest BCUT2D eigenvalue weighted by molar-refractivity contribution is -0.111. The topological polar surface area (TPSA) is 64.6 Å². The molecule has 0 saturated carbocycles. The van der Waals surface area contributed by atoms with Gasteiger partial charge in [0.25, 0.3) is 0 Å². The highest BCUT2D eigenvalue weighted by atomic mass is 79.9. The first-order chi connectivity index (χ1) is 12.5. The van der Waals surface area contributed by atoms with Crippen molar-refractivity contribution >= 4 is 39.6 Å². The summed E-state index contributed by atoms with van der Waals surface area (Å²) >= 11 is 3.40. The van der Waals surface area contributed by atoms with Crippen LogP contribution in [0.2, 0.25) is 0 Å². The van der Waals surface area contributed by atoms with Crippen molar-refractivity contribution in [3.05, 3.63) is 64.1 Å². The summed E-state index contributed by atoms with van der Waals surface area (Å²) in [5.74, 6) is 0.0240. The van der Waals surface area contributed by atoms with E-state index in [1.54, 1.807) is 37.5 Å². The molecule has 2 aromatic rings. The fourth-order valence-corrected chi connectivity index (χ4v) is 2.70. The van der Waals surface area contributed by atoms with Gasteiger partial charge in [-0.1, -0.05) is 19.1 Å². The van der Waals surface area contributed by atoms with E-state index in [2.05, 4.69) is 21.2 Å². The molecule has 1 N–H and O–H groups in total. The second-order valence-corrected chi connectivity index (χ2v) is 6.29. The second-order valence-electron chi connectivity index (χ2n) is 5.43. The molecule has 0 aromatic heterocycles. The summed E-state index contributed by atoms with van der Waals surface area (Å²) in [6, 6.07) is 12.2. The average Bonchev–Trinajstić information content (AvgIpc) is 2.64. The quantitative estimate of drug-likeness (QED) is 0.524. The van der Waals surface area contributed by atoms with E-state index >= 15 is 0 Å². The maximum atomic E-state index is 12.1. The number of benzene rings is 2. The van der Waals surface area contributed by atoms with Crippen molar-refractivity contribution in [2.75, 3.05) is 19.0 Å². The van der Waals surface area contributed by atoms with Gasteiger partial charge in [0.2, 0.25) is 5.91 Å². The number of hydrogen-bond donors (Lipinski definition) is 1. The third-order valence-corrected chi connectivity index (χ3v) is 4.03. The predicted octanol–water partition coefficient (Wildman–Crippen LogP) is 4.68. The molecule has 2 aromatic carbocycles. The summed E-state index contributed by atoms with van der Waals surface area (Å²) in [6.07, 6.45) is 3.88. The van der Waals surface area contributed by atoms with Crippen molar-refractivity contribution in [3.63, 3.8) is 0 Å². The number of carbonyl (C=O) groups excluding carboxylic acids is 2. The molecule has 0 fully saturated rings. The van der Waals surface area contributed by atoms with Gasteiger partial charge in [-0.05, 0) is 64.3 Å². The normalized spacial score (nSPS) is 10.6. The number of anilines is 1. The lowest BCUT2D eigenvalue weighted by Crippen LogP contribution is -2.10. The maximum Gasteiger partial charge on any atom is 0.338 e. The van der Waals surface area contributed by atoms with Crippen LogP contribution in [-0.4, -0.2) is 25.6 Å². The summed E-state index contributed by atoms with van der Waals surface area (Å²) in [4.78, 5) is 24.0. The largest absolute Gasteiger partial charge is 0.496 e. The molecule has 0 heterocycles. The van der Waals surface area contributed by atoms with E-state index in [0.29, 0.717) is 17.9 Å². The van der Waals surface area contributed by atoms with E-state index in [1.807, 2.05) is 25.1 Å². The summed E-state index contributed by atoms with van der Waals surface area (Å²) in [5.41, 5.74) is 1.78. The monoisotopic (exact) mass is 417 g/mol. The Bertz CT molecular complexity index is 817. The van der Waals surface area contributed by atoms with Crippen molar-refractivity contribution in [2.24, 2.45) is 0 Å². The average molecular weight is 418 g/mol. The number of methoxy groups -OCH3 is 1. The summed E-state index contributed by atoms with van der Waals surface area (Å²) < 4.78 is 11.1. The maximum absolute atomic E-state index is 12.1. The van der Waals surface area contributed by atoms with Gasteiger partial charge in [0, 0.05) is 11.8 Å². The highest BCUT2D eigenvalue weighted by Gasteiger charge is 2.08. The summed E-state index contributed by atoms with van der Waals surface area (Å²) in [5, 5.41) is 2.73. The number of rotatable bonds is 7. The van der Waals surface area contributed by atoms with E-state index in [-0.39, 0.29) is 5.91 Å². The van der Waals surface area contributed by atoms with E-state index in [1.165, 1.54) is 6.08 Å². The third kappa shape index (κ3) is 5.74. The minimum absolute atomic E-state index is 0.295. The van der Waals surface area contributed by atoms with Crippen LogP contribution < -0.4 is 10.1 Å². The van der Waals surface area contributed by atoms with Gasteiger partial charge in [-0.3, -0.25) is 4.79 Å². The minimum atomic E-state index is -0.401. The summed E-state index contributed by atoms with van der Waals surface area (Å²) in [6.45, 7) is 2.30. The van der Waals surface area contributed by atoms with Crippen LogP contribution in [0.1, 0.15) is 29.3 Å². The Morgan fingerprint density at radius 3 is 2.69 bits per heavy atom. The number of ether oxygens (including phenoxy) is 2. The Morgan fingerprint density at radius 2 is 2.00 bits per heavy atom. The Morgan fingerprint density at radius 1 is 1.19 bits per heavy atom. The van der Waals surface area contributed by atoms with Crippen molar-refractivity contribution in [1.82, 2.24) is 0 Å². The molecule has 6 heteroatoms. The zero-order valence-electron chi connectivity index (χ0n) is 14.6. The smallest absolute Gasteiger partial charge is 0.338 e. The van der Waals surface area contributed by atoms with Gasteiger partial charge < -0.3 is 14.8 Å². The zero-order chi connectivity index (χ0) is 18.9. The lowest BCUT2D eigenvalue weighted by atomic mass is 10.2. The highest BCUT2D eigenvalue weighted by molar-refractivity contribution is 9.10. The molecule has 5 nitrogen and oxygen atoms in total. The van der Waals surface area contributed by atoms with Gasteiger partial charge in [0.15, 0.2) is 0 Å². The molecule has 0 unspecified atom stereocenters. The second kappa shape index (κ2) is 9.77. The van der Waals surface area contributed by atoms with Gasteiger partial charge in [-0.15, -0.1) is 0 Å². The SMILES string of the molecule is CCCOC(=O)c1cccc(NC(=O)C=Cc2ccc(OC)c(Br)c2)c1. The molecular weight excluding hydrogens is 398 g/mol. The van der Waals surface area contributed by atoms with Crippen LogP contribution in [-0.2, 0) is 9.53 Å². The van der Waals surface area contributed by atoms with Crippen LogP contribution in [0.25, 0.3) is 6.08 Å². The number of nitrogens with one attached hydrogen (secondary N) is 1. The Labute approximate surface area is 161 Å². The van der Waals surface area contributed by atoms with Gasteiger partial charge in [-0.25, -0.2) is 4.79 Å². The Balaban J connectivity index is 2.01. The fraction of sp³-hybridized carbons (Fsp3) is 0.200. The van der Waals surface area contributed by atoms with Gasteiger partial charge >= 0.3 is 5.97 Å². The molecule has 26 heavy (non-hydrogen) atoms. The van der Waals surface area contributed by atoms with E-state index < -0.39 is 5.97 Å². The zero-order valence-corrected chi connectivity index (χ0v) is 16.2.